The lowest BCUT2D eigenvalue weighted by Gasteiger charge is -2.13. The number of hydrogen-bond donors (Lipinski definition) is 2. The van der Waals surface area contributed by atoms with E-state index in [9.17, 15) is 9.59 Å². The summed E-state index contributed by atoms with van der Waals surface area (Å²) >= 11 is 4.53. The van der Waals surface area contributed by atoms with Crippen molar-refractivity contribution in [2.24, 2.45) is 0 Å². The van der Waals surface area contributed by atoms with Gasteiger partial charge in [0.2, 0.25) is 0 Å². The molecule has 0 fully saturated rings. The van der Waals surface area contributed by atoms with Crippen molar-refractivity contribution in [2.75, 3.05) is 25.6 Å². The summed E-state index contributed by atoms with van der Waals surface area (Å²) in [5.41, 5.74) is 2.43. The number of methoxy groups -OCH3 is 1. The van der Waals surface area contributed by atoms with Crippen LogP contribution in [0.1, 0.15) is 55.4 Å². The lowest BCUT2D eigenvalue weighted by atomic mass is 9.95. The van der Waals surface area contributed by atoms with Gasteiger partial charge < -0.3 is 15.4 Å². The van der Waals surface area contributed by atoms with E-state index in [1.165, 1.54) is 27.6 Å². The molecule has 0 saturated carbocycles. The number of nitrogens with zero attached hydrogens (tertiary/aromatic N) is 1. The maximum absolute atomic E-state index is 13.1. The standard InChI is InChI=1S/C22H25N3O3S3/c1-13-18(31-21(24-13)16-9-5-12-29-16)20(27)25-22-17(19(26)23-10-6-11-28-2)14-7-3-4-8-15(14)30-22/h5,9,12H,3-4,6-8,10-11H2,1-2H3,(H,23,26)(H,25,27). The minimum absolute atomic E-state index is 0.119. The molecular weight excluding hydrogens is 450 g/mol. The second kappa shape index (κ2) is 10.0. The Balaban J connectivity index is 1.57. The van der Waals surface area contributed by atoms with Gasteiger partial charge in [0, 0.05) is 25.1 Å². The van der Waals surface area contributed by atoms with E-state index in [4.69, 9.17) is 4.74 Å². The first-order valence-electron chi connectivity index (χ1n) is 10.3. The quantitative estimate of drug-likeness (QED) is 0.442. The number of carbonyl (C=O) groups excluding carboxylic acids is 2. The molecule has 2 N–H and O–H groups in total. The molecular formula is C22H25N3O3S3. The van der Waals surface area contributed by atoms with Gasteiger partial charge in [-0.2, -0.15) is 0 Å². The van der Waals surface area contributed by atoms with Crippen molar-refractivity contribution in [3.8, 4) is 9.88 Å². The van der Waals surface area contributed by atoms with E-state index in [2.05, 4.69) is 15.6 Å². The van der Waals surface area contributed by atoms with Crippen LogP contribution >= 0.6 is 34.0 Å². The number of carbonyl (C=O) groups is 2. The molecule has 0 aromatic carbocycles. The fourth-order valence-corrected chi connectivity index (χ4v) is 6.71. The second-order valence-electron chi connectivity index (χ2n) is 7.38. The third-order valence-corrected chi connectivity index (χ3v) is 8.57. The van der Waals surface area contributed by atoms with Crippen molar-refractivity contribution in [3.63, 3.8) is 0 Å². The molecule has 0 atom stereocenters. The number of thiazole rings is 1. The number of hydrogen-bond acceptors (Lipinski definition) is 7. The summed E-state index contributed by atoms with van der Waals surface area (Å²) < 4.78 is 5.06. The van der Waals surface area contributed by atoms with E-state index in [1.807, 2.05) is 24.4 Å². The molecule has 0 saturated heterocycles. The predicted molar refractivity (Wildman–Crippen MR) is 128 cm³/mol. The Morgan fingerprint density at radius 2 is 2.03 bits per heavy atom. The van der Waals surface area contributed by atoms with Crippen LogP contribution in [0.5, 0.6) is 0 Å². The molecule has 6 nitrogen and oxygen atoms in total. The molecule has 3 aromatic rings. The molecule has 2 amide bonds. The van der Waals surface area contributed by atoms with Crippen molar-refractivity contribution < 1.29 is 14.3 Å². The van der Waals surface area contributed by atoms with Crippen LogP contribution in [-0.2, 0) is 17.6 Å². The van der Waals surface area contributed by atoms with E-state index in [1.54, 1.807) is 18.4 Å². The monoisotopic (exact) mass is 475 g/mol. The molecule has 0 bridgehead atoms. The van der Waals surface area contributed by atoms with Gasteiger partial charge in [0.15, 0.2) is 0 Å². The molecule has 9 heteroatoms. The zero-order chi connectivity index (χ0) is 21.8. The normalized spacial score (nSPS) is 13.1. The third kappa shape index (κ3) is 4.90. The zero-order valence-corrected chi connectivity index (χ0v) is 20.0. The molecule has 4 rings (SSSR count). The fraction of sp³-hybridized carbons (Fsp3) is 0.409. The van der Waals surface area contributed by atoms with Crippen molar-refractivity contribution in [1.82, 2.24) is 10.3 Å². The Morgan fingerprint density at radius 3 is 2.81 bits per heavy atom. The number of aromatic nitrogens is 1. The van der Waals surface area contributed by atoms with Gasteiger partial charge in [-0.25, -0.2) is 4.98 Å². The number of amides is 2. The molecule has 3 aromatic heterocycles. The maximum Gasteiger partial charge on any atom is 0.268 e. The molecule has 0 radical (unpaired) electrons. The Bertz CT molecular complexity index is 1070. The summed E-state index contributed by atoms with van der Waals surface area (Å²) in [5, 5.41) is 9.51. The minimum Gasteiger partial charge on any atom is -0.385 e. The summed E-state index contributed by atoms with van der Waals surface area (Å²) in [6.07, 6.45) is 4.78. The fourth-order valence-electron chi connectivity index (χ4n) is 3.67. The highest BCUT2D eigenvalue weighted by atomic mass is 32.1. The molecule has 31 heavy (non-hydrogen) atoms. The summed E-state index contributed by atoms with van der Waals surface area (Å²) in [5.74, 6) is -0.323. The number of aryl methyl sites for hydroxylation is 2. The second-order valence-corrected chi connectivity index (χ2v) is 10.4. The van der Waals surface area contributed by atoms with Crippen LogP contribution in [0.25, 0.3) is 9.88 Å². The first kappa shape index (κ1) is 22.1. The SMILES string of the molecule is COCCCNC(=O)c1c(NC(=O)c2sc(-c3cccs3)nc2C)sc2c1CCCC2. The van der Waals surface area contributed by atoms with Gasteiger partial charge in [-0.1, -0.05) is 6.07 Å². The Kier molecular flexibility index (Phi) is 7.16. The van der Waals surface area contributed by atoms with E-state index in [0.717, 1.165) is 47.6 Å². The Morgan fingerprint density at radius 1 is 1.19 bits per heavy atom. The van der Waals surface area contributed by atoms with Gasteiger partial charge in [0.25, 0.3) is 11.8 Å². The van der Waals surface area contributed by atoms with Gasteiger partial charge >= 0.3 is 0 Å². The van der Waals surface area contributed by atoms with E-state index in [0.29, 0.717) is 34.3 Å². The van der Waals surface area contributed by atoms with E-state index < -0.39 is 0 Å². The summed E-state index contributed by atoms with van der Waals surface area (Å²) in [6.45, 7) is 3.00. The highest BCUT2D eigenvalue weighted by molar-refractivity contribution is 7.22. The first-order valence-corrected chi connectivity index (χ1v) is 12.8. The van der Waals surface area contributed by atoms with Gasteiger partial charge in [0.05, 0.1) is 16.1 Å². The van der Waals surface area contributed by atoms with E-state index >= 15 is 0 Å². The highest BCUT2D eigenvalue weighted by Crippen LogP contribution is 2.39. The molecule has 1 aliphatic carbocycles. The van der Waals surface area contributed by atoms with Crippen molar-refractivity contribution >= 4 is 50.8 Å². The largest absolute Gasteiger partial charge is 0.385 e. The minimum atomic E-state index is -0.204. The van der Waals surface area contributed by atoms with Gasteiger partial charge in [-0.05, 0) is 56.0 Å². The summed E-state index contributed by atoms with van der Waals surface area (Å²) in [6, 6.07) is 3.98. The summed E-state index contributed by atoms with van der Waals surface area (Å²) in [4.78, 5) is 33.6. The number of thiophene rings is 2. The first-order chi connectivity index (χ1) is 15.1. The lowest BCUT2D eigenvalue weighted by Crippen LogP contribution is -2.27. The topological polar surface area (TPSA) is 80.3 Å². The number of ether oxygens (including phenoxy) is 1. The lowest BCUT2D eigenvalue weighted by molar-refractivity contribution is 0.0948. The number of nitrogens with one attached hydrogen (secondary N) is 2. The van der Waals surface area contributed by atoms with E-state index in [-0.39, 0.29) is 11.8 Å². The van der Waals surface area contributed by atoms with Gasteiger partial charge in [-0.3, -0.25) is 9.59 Å². The maximum atomic E-state index is 13.1. The number of anilines is 1. The van der Waals surface area contributed by atoms with Crippen molar-refractivity contribution in [1.29, 1.82) is 0 Å². The molecule has 1 aliphatic rings. The van der Waals surface area contributed by atoms with Crippen LogP contribution in [0, 0.1) is 6.92 Å². The van der Waals surface area contributed by atoms with Gasteiger partial charge in [0.1, 0.15) is 14.9 Å². The molecule has 0 unspecified atom stereocenters. The average molecular weight is 476 g/mol. The highest BCUT2D eigenvalue weighted by Gasteiger charge is 2.27. The molecule has 164 valence electrons. The van der Waals surface area contributed by atoms with Crippen molar-refractivity contribution in [3.05, 3.63) is 44.1 Å². The van der Waals surface area contributed by atoms with Crippen LogP contribution in [0.2, 0.25) is 0 Å². The van der Waals surface area contributed by atoms with Gasteiger partial charge in [-0.15, -0.1) is 34.0 Å². The van der Waals surface area contributed by atoms with Crippen LogP contribution < -0.4 is 10.6 Å². The van der Waals surface area contributed by atoms with Crippen LogP contribution in [0.15, 0.2) is 17.5 Å². The average Bonchev–Trinajstić information content (AvgIpc) is 3.49. The van der Waals surface area contributed by atoms with Crippen LogP contribution in [0.4, 0.5) is 5.00 Å². The smallest absolute Gasteiger partial charge is 0.268 e. The number of fused-ring (bicyclic) bond motifs is 1. The zero-order valence-electron chi connectivity index (χ0n) is 17.6. The Hall–Kier alpha value is -2.07. The molecule has 0 aliphatic heterocycles. The summed E-state index contributed by atoms with van der Waals surface area (Å²) in [7, 11) is 1.65. The molecule has 0 spiro atoms. The Labute approximate surface area is 193 Å². The molecule has 3 heterocycles. The van der Waals surface area contributed by atoms with Crippen LogP contribution in [0.3, 0.4) is 0 Å². The van der Waals surface area contributed by atoms with Crippen LogP contribution in [-0.4, -0.2) is 37.1 Å². The predicted octanol–water partition coefficient (Wildman–Crippen LogP) is 5.14. The van der Waals surface area contributed by atoms with Crippen molar-refractivity contribution in [2.45, 2.75) is 39.0 Å². The third-order valence-electron chi connectivity index (χ3n) is 5.17. The number of rotatable bonds is 8.